The maximum atomic E-state index is 12.0. The molecule has 0 amide bonds. The van der Waals surface area contributed by atoms with E-state index in [-0.39, 0.29) is 11.9 Å². The second kappa shape index (κ2) is 7.35. The van der Waals surface area contributed by atoms with Crippen LogP contribution in [0.4, 0.5) is 5.69 Å². The number of likely N-dealkylation sites (tertiary alicyclic amines) is 1. The van der Waals surface area contributed by atoms with Gasteiger partial charge in [-0.3, -0.25) is 9.69 Å². The van der Waals surface area contributed by atoms with Crippen LogP contribution in [0.25, 0.3) is 0 Å². The van der Waals surface area contributed by atoms with Crippen molar-refractivity contribution >= 4 is 11.7 Å². The predicted molar refractivity (Wildman–Crippen MR) is 92.7 cm³/mol. The number of carbonyl (C=O) groups is 1. The Labute approximate surface area is 139 Å². The number of nitrogens with zero attached hydrogens (tertiary/aromatic N) is 1. The van der Waals surface area contributed by atoms with Crippen molar-refractivity contribution in [2.75, 3.05) is 31.6 Å². The summed E-state index contributed by atoms with van der Waals surface area (Å²) in [7, 11) is 0. The summed E-state index contributed by atoms with van der Waals surface area (Å²) in [5.41, 5.74) is 4.14. The second-order valence-corrected chi connectivity index (χ2v) is 6.81. The van der Waals surface area contributed by atoms with E-state index in [1.165, 1.54) is 16.8 Å². The lowest BCUT2D eigenvalue weighted by Gasteiger charge is -2.36. The van der Waals surface area contributed by atoms with Crippen LogP contribution < -0.4 is 5.32 Å². The molecule has 0 bridgehead atoms. The zero-order valence-corrected chi connectivity index (χ0v) is 14.3. The molecule has 2 heterocycles. The number of rotatable bonds is 5. The number of ether oxygens (including phenoxy) is 1. The van der Waals surface area contributed by atoms with Crippen LogP contribution in [0.2, 0.25) is 0 Å². The van der Waals surface area contributed by atoms with E-state index in [0.717, 1.165) is 45.3 Å². The van der Waals surface area contributed by atoms with Gasteiger partial charge in [-0.05, 0) is 63.3 Å². The highest BCUT2D eigenvalue weighted by Gasteiger charge is 2.29. The number of esters is 1. The summed E-state index contributed by atoms with van der Waals surface area (Å²) in [5, 5.41) is 3.41. The van der Waals surface area contributed by atoms with E-state index in [9.17, 15) is 4.79 Å². The topological polar surface area (TPSA) is 41.6 Å². The maximum absolute atomic E-state index is 12.0. The third-order valence-electron chi connectivity index (χ3n) is 5.11. The van der Waals surface area contributed by atoms with E-state index in [2.05, 4.69) is 35.3 Å². The van der Waals surface area contributed by atoms with Gasteiger partial charge in [-0.1, -0.05) is 12.1 Å². The van der Waals surface area contributed by atoms with Crippen molar-refractivity contribution in [1.29, 1.82) is 0 Å². The van der Waals surface area contributed by atoms with Crippen LogP contribution in [0.5, 0.6) is 0 Å². The van der Waals surface area contributed by atoms with Crippen LogP contribution in [0.1, 0.15) is 37.8 Å². The first-order valence-corrected chi connectivity index (χ1v) is 8.93. The summed E-state index contributed by atoms with van der Waals surface area (Å²) in [6.45, 7) is 7.62. The number of hydrogen-bond donors (Lipinski definition) is 1. The molecule has 1 fully saturated rings. The smallest absolute Gasteiger partial charge is 0.310 e. The number of anilines is 1. The molecule has 0 aromatic heterocycles. The molecule has 2 atom stereocenters. The summed E-state index contributed by atoms with van der Waals surface area (Å²) >= 11 is 0. The van der Waals surface area contributed by atoms with Crippen molar-refractivity contribution in [2.45, 2.75) is 45.6 Å². The number of fused-ring (bicyclic) bond motifs is 1. The number of hydrogen-bond acceptors (Lipinski definition) is 4. The zero-order valence-electron chi connectivity index (χ0n) is 14.3. The van der Waals surface area contributed by atoms with Crippen molar-refractivity contribution in [2.24, 2.45) is 5.92 Å². The third-order valence-corrected chi connectivity index (χ3v) is 5.11. The minimum Gasteiger partial charge on any atom is -0.466 e. The molecule has 1 aromatic carbocycles. The molecule has 1 saturated heterocycles. The van der Waals surface area contributed by atoms with Crippen LogP contribution in [0.15, 0.2) is 18.2 Å². The van der Waals surface area contributed by atoms with Gasteiger partial charge in [0.2, 0.25) is 0 Å². The lowest BCUT2D eigenvalue weighted by Crippen LogP contribution is -2.44. The Hall–Kier alpha value is -1.55. The highest BCUT2D eigenvalue weighted by atomic mass is 16.5. The quantitative estimate of drug-likeness (QED) is 0.848. The molecule has 2 aliphatic rings. The molecule has 0 aliphatic carbocycles. The van der Waals surface area contributed by atoms with E-state index in [1.54, 1.807) is 0 Å². The molecule has 0 saturated carbocycles. The summed E-state index contributed by atoms with van der Waals surface area (Å²) in [6, 6.07) is 7.25. The van der Waals surface area contributed by atoms with E-state index in [4.69, 9.17) is 4.74 Å². The Morgan fingerprint density at radius 3 is 3.17 bits per heavy atom. The van der Waals surface area contributed by atoms with Crippen LogP contribution in [-0.2, 0) is 22.4 Å². The van der Waals surface area contributed by atoms with E-state index in [0.29, 0.717) is 12.6 Å². The molecular weight excluding hydrogens is 288 g/mol. The number of piperidine rings is 1. The third kappa shape index (κ3) is 3.86. The fourth-order valence-electron chi connectivity index (χ4n) is 3.81. The highest BCUT2D eigenvalue weighted by Crippen LogP contribution is 2.25. The Morgan fingerprint density at radius 2 is 2.35 bits per heavy atom. The number of benzene rings is 1. The monoisotopic (exact) mass is 316 g/mol. The van der Waals surface area contributed by atoms with Crippen molar-refractivity contribution < 1.29 is 9.53 Å². The van der Waals surface area contributed by atoms with Gasteiger partial charge in [0.1, 0.15) is 0 Å². The average molecular weight is 316 g/mol. The minimum atomic E-state index is -0.0204. The maximum Gasteiger partial charge on any atom is 0.310 e. The number of nitrogens with one attached hydrogen (secondary N) is 1. The summed E-state index contributed by atoms with van der Waals surface area (Å²) in [4.78, 5) is 14.5. The molecule has 23 heavy (non-hydrogen) atoms. The Kier molecular flexibility index (Phi) is 5.21. The van der Waals surface area contributed by atoms with Crippen molar-refractivity contribution in [3.05, 3.63) is 29.3 Å². The van der Waals surface area contributed by atoms with Crippen LogP contribution in [0.3, 0.4) is 0 Å². The molecule has 4 nitrogen and oxygen atoms in total. The average Bonchev–Trinajstić information content (AvgIpc) is 3.03. The van der Waals surface area contributed by atoms with Crippen LogP contribution in [-0.4, -0.2) is 43.2 Å². The first-order valence-electron chi connectivity index (χ1n) is 8.93. The Bertz CT molecular complexity index is 558. The first-order chi connectivity index (χ1) is 11.2. The molecule has 2 unspecified atom stereocenters. The van der Waals surface area contributed by atoms with Crippen LogP contribution in [0, 0.1) is 5.92 Å². The number of carbonyl (C=O) groups excluding carboxylic acids is 1. The fourth-order valence-corrected chi connectivity index (χ4v) is 3.81. The van der Waals surface area contributed by atoms with E-state index in [1.807, 2.05) is 6.92 Å². The molecule has 0 spiro atoms. The van der Waals surface area contributed by atoms with Crippen molar-refractivity contribution in [1.82, 2.24) is 4.90 Å². The van der Waals surface area contributed by atoms with Gasteiger partial charge >= 0.3 is 5.97 Å². The molecular formula is C19H28N2O2. The minimum absolute atomic E-state index is 0.0204. The van der Waals surface area contributed by atoms with Gasteiger partial charge in [-0.25, -0.2) is 0 Å². The molecule has 3 rings (SSSR count). The van der Waals surface area contributed by atoms with Gasteiger partial charge in [0, 0.05) is 24.8 Å². The SMILES string of the molecule is CCOC(=O)C1CCCN(C(C)Cc2ccc3c(c2)CCN3)C1. The summed E-state index contributed by atoms with van der Waals surface area (Å²) in [5.74, 6) is 0.0309. The molecule has 126 valence electrons. The zero-order chi connectivity index (χ0) is 16.2. The molecule has 0 radical (unpaired) electrons. The van der Waals surface area contributed by atoms with Gasteiger partial charge in [-0.2, -0.15) is 0 Å². The van der Waals surface area contributed by atoms with Crippen molar-refractivity contribution in [3.63, 3.8) is 0 Å². The van der Waals surface area contributed by atoms with Gasteiger partial charge in [0.15, 0.2) is 0 Å². The van der Waals surface area contributed by atoms with E-state index < -0.39 is 0 Å². The van der Waals surface area contributed by atoms with Crippen LogP contribution >= 0.6 is 0 Å². The lowest BCUT2D eigenvalue weighted by atomic mass is 9.95. The lowest BCUT2D eigenvalue weighted by molar-refractivity contribution is -0.150. The van der Waals surface area contributed by atoms with Gasteiger partial charge in [-0.15, -0.1) is 0 Å². The Morgan fingerprint density at radius 1 is 1.48 bits per heavy atom. The molecule has 1 N–H and O–H groups in total. The standard InChI is InChI=1S/C19H28N2O2/c1-3-23-19(22)17-5-4-10-21(13-17)14(2)11-15-6-7-18-16(12-15)8-9-20-18/h6-7,12,14,17,20H,3-5,8-11,13H2,1-2H3. The predicted octanol–water partition coefficient (Wildman–Crippen LogP) is 2.86. The highest BCUT2D eigenvalue weighted by molar-refractivity contribution is 5.72. The summed E-state index contributed by atoms with van der Waals surface area (Å²) < 4.78 is 5.21. The Balaban J connectivity index is 1.59. The van der Waals surface area contributed by atoms with Gasteiger partial charge in [0.25, 0.3) is 0 Å². The largest absolute Gasteiger partial charge is 0.466 e. The van der Waals surface area contributed by atoms with Gasteiger partial charge < -0.3 is 10.1 Å². The molecule has 1 aromatic rings. The molecule has 4 heteroatoms. The molecule has 2 aliphatic heterocycles. The van der Waals surface area contributed by atoms with E-state index >= 15 is 0 Å². The van der Waals surface area contributed by atoms with Crippen molar-refractivity contribution in [3.8, 4) is 0 Å². The first kappa shape index (κ1) is 16.3. The van der Waals surface area contributed by atoms with Gasteiger partial charge in [0.05, 0.1) is 12.5 Å². The summed E-state index contributed by atoms with van der Waals surface area (Å²) in [6.07, 6.45) is 4.23. The second-order valence-electron chi connectivity index (χ2n) is 6.81. The normalized spacial score (nSPS) is 22.3. The fraction of sp³-hybridized carbons (Fsp3) is 0.632.